The normalized spacial score (nSPS) is 25.0. The molecule has 0 spiro atoms. The molecule has 2 amide bonds. The first-order chi connectivity index (χ1) is 17.0. The number of ether oxygens (including phenoxy) is 3. The van der Waals surface area contributed by atoms with Gasteiger partial charge in [-0.25, -0.2) is 9.59 Å². The van der Waals surface area contributed by atoms with E-state index in [2.05, 4.69) is 34.9 Å². The molecule has 4 atom stereocenters. The van der Waals surface area contributed by atoms with Crippen molar-refractivity contribution >= 4 is 18.0 Å². The first-order valence-corrected chi connectivity index (χ1v) is 11.9. The molecule has 35 heavy (non-hydrogen) atoms. The van der Waals surface area contributed by atoms with Gasteiger partial charge in [-0.3, -0.25) is 4.79 Å². The van der Waals surface area contributed by atoms with Crippen molar-refractivity contribution in [3.8, 4) is 11.1 Å². The van der Waals surface area contributed by atoms with Crippen LogP contribution in [0.5, 0.6) is 0 Å². The number of fused-ring (bicyclic) bond motifs is 3. The van der Waals surface area contributed by atoms with Crippen molar-refractivity contribution in [2.75, 3.05) is 26.4 Å². The van der Waals surface area contributed by atoms with Gasteiger partial charge >= 0.3 is 12.1 Å². The summed E-state index contributed by atoms with van der Waals surface area (Å²) in [6, 6.07) is 15.7. The minimum Gasteiger partial charge on any atom is -0.479 e. The number of carboxylic acids is 1. The van der Waals surface area contributed by atoms with Crippen LogP contribution in [0.1, 0.15) is 29.9 Å². The van der Waals surface area contributed by atoms with Crippen molar-refractivity contribution < 1.29 is 33.7 Å². The van der Waals surface area contributed by atoms with E-state index < -0.39 is 30.1 Å². The molecule has 0 saturated carbocycles. The van der Waals surface area contributed by atoms with Gasteiger partial charge in [0.05, 0.1) is 24.7 Å². The fourth-order valence-electron chi connectivity index (χ4n) is 5.16. The van der Waals surface area contributed by atoms with Crippen LogP contribution < -0.4 is 10.6 Å². The molecule has 2 fully saturated rings. The number of aliphatic carboxylic acids is 1. The van der Waals surface area contributed by atoms with Gasteiger partial charge in [0.1, 0.15) is 6.61 Å². The lowest BCUT2D eigenvalue weighted by atomic mass is 9.98. The Labute approximate surface area is 202 Å². The standard InChI is InChI=1S/C26H28N2O7/c29-24(28-22-9-10-33-23(22)25(30)31)15-11-16(34-13-15)12-27-26(32)35-14-21-19-7-3-1-5-17(19)18-6-2-4-8-20(18)21/h1-8,15-16,21-23H,9-14H2,(H,27,32)(H,28,29)(H,30,31)/t15?,16?,22-,23+/m1/s1. The fraction of sp³-hybridized carbons (Fsp3) is 0.423. The van der Waals surface area contributed by atoms with Crippen LogP contribution in [0.3, 0.4) is 0 Å². The minimum atomic E-state index is -1.08. The zero-order chi connectivity index (χ0) is 24.4. The number of rotatable bonds is 7. The topological polar surface area (TPSA) is 123 Å². The molecule has 2 aromatic carbocycles. The Morgan fingerprint density at radius 1 is 1.00 bits per heavy atom. The maximum atomic E-state index is 12.6. The molecule has 1 aliphatic carbocycles. The monoisotopic (exact) mass is 480 g/mol. The van der Waals surface area contributed by atoms with Crippen LogP contribution in [-0.4, -0.2) is 67.7 Å². The number of nitrogens with one attached hydrogen (secondary N) is 2. The molecule has 9 nitrogen and oxygen atoms in total. The Morgan fingerprint density at radius 3 is 2.37 bits per heavy atom. The average Bonchev–Trinajstić information content (AvgIpc) is 3.59. The predicted molar refractivity (Wildman–Crippen MR) is 125 cm³/mol. The Kier molecular flexibility index (Phi) is 6.70. The third-order valence-electron chi connectivity index (χ3n) is 6.93. The van der Waals surface area contributed by atoms with Crippen molar-refractivity contribution in [3.05, 3.63) is 59.7 Å². The van der Waals surface area contributed by atoms with Gasteiger partial charge in [0, 0.05) is 19.1 Å². The summed E-state index contributed by atoms with van der Waals surface area (Å²) < 4.78 is 16.4. The van der Waals surface area contributed by atoms with E-state index in [-0.39, 0.29) is 37.7 Å². The number of alkyl carbamates (subject to hydrolysis) is 1. The number of carbonyl (C=O) groups is 3. The largest absolute Gasteiger partial charge is 0.479 e. The van der Waals surface area contributed by atoms with Crippen molar-refractivity contribution in [1.82, 2.24) is 10.6 Å². The third kappa shape index (κ3) is 4.87. The summed E-state index contributed by atoms with van der Waals surface area (Å²) in [6.45, 7) is 0.972. The first-order valence-electron chi connectivity index (χ1n) is 11.9. The predicted octanol–water partition coefficient (Wildman–Crippen LogP) is 2.29. The molecular formula is C26H28N2O7. The highest BCUT2D eigenvalue weighted by atomic mass is 16.5. The van der Waals surface area contributed by atoms with E-state index in [0.29, 0.717) is 19.4 Å². The maximum absolute atomic E-state index is 12.6. The molecule has 2 aliphatic heterocycles. The van der Waals surface area contributed by atoms with E-state index in [1.165, 1.54) is 11.1 Å². The third-order valence-corrected chi connectivity index (χ3v) is 6.93. The summed E-state index contributed by atoms with van der Waals surface area (Å²) in [5.41, 5.74) is 4.62. The van der Waals surface area contributed by atoms with Gasteiger partial charge in [-0.05, 0) is 35.1 Å². The number of hydrogen-bond acceptors (Lipinski definition) is 6. The molecule has 3 N–H and O–H groups in total. The molecule has 184 valence electrons. The number of carbonyl (C=O) groups excluding carboxylic acids is 2. The second kappa shape index (κ2) is 10.1. The van der Waals surface area contributed by atoms with Crippen LogP contribution in [0.15, 0.2) is 48.5 Å². The van der Waals surface area contributed by atoms with Crippen molar-refractivity contribution in [2.24, 2.45) is 5.92 Å². The first kappa shape index (κ1) is 23.3. The molecule has 0 radical (unpaired) electrons. The van der Waals surface area contributed by atoms with E-state index >= 15 is 0 Å². The molecule has 3 aliphatic rings. The van der Waals surface area contributed by atoms with E-state index in [1.807, 2.05) is 24.3 Å². The van der Waals surface area contributed by atoms with Crippen LogP contribution in [0.2, 0.25) is 0 Å². The van der Waals surface area contributed by atoms with Gasteiger partial charge in [0.2, 0.25) is 5.91 Å². The van der Waals surface area contributed by atoms with Gasteiger partial charge in [0.25, 0.3) is 0 Å². The number of amides is 2. The molecule has 2 heterocycles. The minimum absolute atomic E-state index is 0.0156. The van der Waals surface area contributed by atoms with Crippen molar-refractivity contribution in [3.63, 3.8) is 0 Å². The Balaban J connectivity index is 1.08. The quantitative estimate of drug-likeness (QED) is 0.556. The SMILES string of the molecule is O=C(NCC1CC(C(=O)N[C@@H]2CCO[C@@H]2C(=O)O)CO1)OCC1c2ccccc2-c2ccccc21. The summed E-state index contributed by atoms with van der Waals surface area (Å²) >= 11 is 0. The molecule has 9 heteroatoms. The molecule has 5 rings (SSSR count). The van der Waals surface area contributed by atoms with Crippen LogP contribution in [0, 0.1) is 5.92 Å². The zero-order valence-corrected chi connectivity index (χ0v) is 19.1. The number of hydrogen-bond donors (Lipinski definition) is 3. The van der Waals surface area contributed by atoms with Gasteiger partial charge in [-0.1, -0.05) is 48.5 Å². The Bertz CT molecular complexity index is 1070. The lowest BCUT2D eigenvalue weighted by Crippen LogP contribution is -2.46. The van der Waals surface area contributed by atoms with Crippen LogP contribution in [0.25, 0.3) is 11.1 Å². The summed E-state index contributed by atoms with van der Waals surface area (Å²) in [5, 5.41) is 14.7. The van der Waals surface area contributed by atoms with Gasteiger partial charge in [0.15, 0.2) is 6.10 Å². The second-order valence-electron chi connectivity index (χ2n) is 9.13. The molecule has 0 aromatic heterocycles. The zero-order valence-electron chi connectivity index (χ0n) is 19.1. The molecule has 2 saturated heterocycles. The lowest BCUT2D eigenvalue weighted by molar-refractivity contribution is -0.148. The van der Waals surface area contributed by atoms with E-state index in [0.717, 1.165) is 11.1 Å². The van der Waals surface area contributed by atoms with E-state index in [4.69, 9.17) is 14.2 Å². The number of carboxylic acid groups (broad SMARTS) is 1. The van der Waals surface area contributed by atoms with Gasteiger partial charge in [-0.15, -0.1) is 0 Å². The molecule has 2 unspecified atom stereocenters. The summed E-state index contributed by atoms with van der Waals surface area (Å²) in [5.74, 6) is -1.76. The maximum Gasteiger partial charge on any atom is 0.407 e. The molecular weight excluding hydrogens is 452 g/mol. The highest BCUT2D eigenvalue weighted by Crippen LogP contribution is 2.44. The summed E-state index contributed by atoms with van der Waals surface area (Å²) in [4.78, 5) is 36.2. The fourth-order valence-corrected chi connectivity index (χ4v) is 5.16. The second-order valence-corrected chi connectivity index (χ2v) is 9.13. The van der Waals surface area contributed by atoms with Gasteiger partial charge in [-0.2, -0.15) is 0 Å². The van der Waals surface area contributed by atoms with Crippen LogP contribution >= 0.6 is 0 Å². The smallest absolute Gasteiger partial charge is 0.407 e. The van der Waals surface area contributed by atoms with Crippen molar-refractivity contribution in [2.45, 2.75) is 37.0 Å². The highest BCUT2D eigenvalue weighted by molar-refractivity contribution is 5.81. The summed E-state index contributed by atoms with van der Waals surface area (Å²) in [6.07, 6.45) is -0.978. The highest BCUT2D eigenvalue weighted by Gasteiger charge is 2.38. The van der Waals surface area contributed by atoms with E-state index in [1.54, 1.807) is 0 Å². The number of benzene rings is 2. The van der Waals surface area contributed by atoms with Crippen LogP contribution in [-0.2, 0) is 23.8 Å². The molecule has 2 aromatic rings. The Morgan fingerprint density at radius 2 is 1.69 bits per heavy atom. The Hall–Kier alpha value is -3.43. The average molecular weight is 481 g/mol. The lowest BCUT2D eigenvalue weighted by Gasteiger charge is -2.18. The molecule has 0 bridgehead atoms. The van der Waals surface area contributed by atoms with Crippen molar-refractivity contribution in [1.29, 1.82) is 0 Å². The van der Waals surface area contributed by atoms with E-state index in [9.17, 15) is 19.5 Å². The summed E-state index contributed by atoms with van der Waals surface area (Å²) in [7, 11) is 0. The van der Waals surface area contributed by atoms with Gasteiger partial charge < -0.3 is 30.0 Å². The van der Waals surface area contributed by atoms with Crippen LogP contribution in [0.4, 0.5) is 4.79 Å².